The van der Waals surface area contributed by atoms with E-state index in [9.17, 15) is 14.7 Å². The zero-order valence-electron chi connectivity index (χ0n) is 54.2. The molecule has 0 bridgehead atoms. The van der Waals surface area contributed by atoms with Crippen LogP contribution in [0.25, 0.3) is 0 Å². The van der Waals surface area contributed by atoms with E-state index < -0.39 is 6.10 Å². The first-order valence-corrected chi connectivity index (χ1v) is 34.9. The summed E-state index contributed by atoms with van der Waals surface area (Å²) in [5, 5.41) is 9.69. The monoisotopic (exact) mass is 1150 g/mol. The number of aliphatic hydroxyl groups is 1. The molecule has 0 radical (unpaired) electrons. The number of carbonyl (C=O) groups excluding carboxylic acids is 2. The van der Waals surface area contributed by atoms with Gasteiger partial charge in [0.05, 0.1) is 6.61 Å². The summed E-state index contributed by atoms with van der Waals surface area (Å²) in [6.07, 6.45) is 109. The molecule has 5 heteroatoms. The van der Waals surface area contributed by atoms with Crippen LogP contribution < -0.4 is 0 Å². The highest BCUT2D eigenvalue weighted by atomic mass is 16.6. The molecule has 0 saturated carbocycles. The average molecular weight is 1150 g/mol. The molecule has 0 aromatic rings. The summed E-state index contributed by atoms with van der Waals surface area (Å²) in [5.41, 5.74) is 0. The number of allylic oxidation sites excluding steroid dienone is 24. The highest BCUT2D eigenvalue weighted by Crippen LogP contribution is 2.17. The number of aliphatic hydroxyl groups excluding tert-OH is 1. The Morgan fingerprint density at radius 3 is 0.783 bits per heavy atom. The molecule has 1 unspecified atom stereocenters. The van der Waals surface area contributed by atoms with Crippen LogP contribution in [0.15, 0.2) is 146 Å². The van der Waals surface area contributed by atoms with E-state index in [1.807, 2.05) is 0 Å². The van der Waals surface area contributed by atoms with E-state index in [-0.39, 0.29) is 25.2 Å². The van der Waals surface area contributed by atoms with Crippen LogP contribution in [0.3, 0.4) is 0 Å². The molecular weight excluding hydrogens is 1020 g/mol. The predicted molar refractivity (Wildman–Crippen MR) is 366 cm³/mol. The fraction of sp³-hybridized carbons (Fsp3) is 0.667. The Labute approximate surface area is 514 Å². The number of hydrogen-bond donors (Lipinski definition) is 1. The Bertz CT molecular complexity index is 1730. The van der Waals surface area contributed by atoms with E-state index in [1.165, 1.54) is 173 Å². The molecule has 0 saturated heterocycles. The molecule has 0 amide bonds. The molecule has 0 rings (SSSR count). The van der Waals surface area contributed by atoms with Gasteiger partial charge in [0.15, 0.2) is 6.10 Å². The first kappa shape index (κ1) is 78.8. The van der Waals surface area contributed by atoms with Crippen LogP contribution in [0, 0.1) is 0 Å². The van der Waals surface area contributed by atoms with Crippen molar-refractivity contribution < 1.29 is 24.2 Å². The van der Waals surface area contributed by atoms with Crippen molar-refractivity contribution in [3.05, 3.63) is 146 Å². The van der Waals surface area contributed by atoms with Crippen LogP contribution in [0.2, 0.25) is 0 Å². The van der Waals surface area contributed by atoms with Crippen LogP contribution in [0.1, 0.15) is 316 Å². The minimum atomic E-state index is -0.806. The van der Waals surface area contributed by atoms with Crippen LogP contribution in [0.4, 0.5) is 0 Å². The molecule has 0 aliphatic rings. The molecule has 83 heavy (non-hydrogen) atoms. The summed E-state index contributed by atoms with van der Waals surface area (Å²) in [7, 11) is 0. The summed E-state index contributed by atoms with van der Waals surface area (Å²) in [6.45, 7) is 4.02. The lowest BCUT2D eigenvalue weighted by molar-refractivity contribution is -0.161. The van der Waals surface area contributed by atoms with E-state index >= 15 is 0 Å². The van der Waals surface area contributed by atoms with Gasteiger partial charge in [-0.3, -0.25) is 9.59 Å². The Morgan fingerprint density at radius 2 is 0.518 bits per heavy atom. The molecule has 0 aromatic carbocycles. The van der Waals surface area contributed by atoms with Gasteiger partial charge in [-0.1, -0.05) is 346 Å². The number of rotatable bonds is 63. The fourth-order valence-corrected chi connectivity index (χ4v) is 9.72. The van der Waals surface area contributed by atoms with Gasteiger partial charge in [-0.25, -0.2) is 0 Å². The molecule has 0 spiro atoms. The molecule has 1 atom stereocenters. The van der Waals surface area contributed by atoms with Gasteiger partial charge >= 0.3 is 11.9 Å². The van der Waals surface area contributed by atoms with Crippen LogP contribution in [0.5, 0.6) is 0 Å². The topological polar surface area (TPSA) is 72.8 Å². The van der Waals surface area contributed by atoms with Gasteiger partial charge in [0, 0.05) is 12.8 Å². The van der Waals surface area contributed by atoms with Gasteiger partial charge in [-0.2, -0.15) is 0 Å². The van der Waals surface area contributed by atoms with Crippen molar-refractivity contribution in [1.29, 1.82) is 0 Å². The number of unbranched alkanes of at least 4 members (excludes halogenated alkanes) is 31. The van der Waals surface area contributed by atoms with Crippen molar-refractivity contribution >= 4 is 11.9 Å². The Balaban J connectivity index is 3.60. The van der Waals surface area contributed by atoms with Crippen molar-refractivity contribution in [3.63, 3.8) is 0 Å². The molecule has 0 heterocycles. The number of carbonyl (C=O) groups is 2. The first-order chi connectivity index (χ1) is 41.1. The molecule has 1 N–H and O–H groups in total. The van der Waals surface area contributed by atoms with Gasteiger partial charge in [-0.15, -0.1) is 0 Å². The molecule has 472 valence electrons. The SMILES string of the molecule is CC/C=C\C/C=C\C/C=C\C/C=C\C/C=C\C/C=C\C/C=C\C/C=C\C/C=C\C/C=C\C/C=C\C/C=C\CCCCC(=O)OC(CO)COC(=O)CCCCCCCCCCCCCCCCCCCCCCCCCCCCCCCC. The number of hydrogen-bond acceptors (Lipinski definition) is 5. The summed E-state index contributed by atoms with van der Waals surface area (Å²) in [6, 6.07) is 0. The van der Waals surface area contributed by atoms with Crippen molar-refractivity contribution in [2.24, 2.45) is 0 Å². The summed E-state index contributed by atoms with van der Waals surface area (Å²) in [5.74, 6) is -0.639. The second kappa shape index (κ2) is 72.0. The van der Waals surface area contributed by atoms with Gasteiger partial charge in [-0.05, 0) is 103 Å². The maximum Gasteiger partial charge on any atom is 0.306 e. The summed E-state index contributed by atoms with van der Waals surface area (Å²) >= 11 is 0. The highest BCUT2D eigenvalue weighted by Gasteiger charge is 2.16. The predicted octanol–water partition coefficient (Wildman–Crippen LogP) is 24.5. The smallest absolute Gasteiger partial charge is 0.306 e. The lowest BCUT2D eigenvalue weighted by atomic mass is 10.0. The fourth-order valence-electron chi connectivity index (χ4n) is 9.72. The van der Waals surface area contributed by atoms with Crippen molar-refractivity contribution in [3.8, 4) is 0 Å². The summed E-state index contributed by atoms with van der Waals surface area (Å²) < 4.78 is 10.7. The second-order valence-corrected chi connectivity index (χ2v) is 22.9. The van der Waals surface area contributed by atoms with Gasteiger partial charge in [0.25, 0.3) is 0 Å². The van der Waals surface area contributed by atoms with Crippen molar-refractivity contribution in [1.82, 2.24) is 0 Å². The van der Waals surface area contributed by atoms with Crippen LogP contribution in [-0.2, 0) is 19.1 Å². The van der Waals surface area contributed by atoms with Gasteiger partial charge < -0.3 is 14.6 Å². The van der Waals surface area contributed by atoms with Crippen LogP contribution >= 0.6 is 0 Å². The third-order valence-corrected chi connectivity index (χ3v) is 14.9. The molecule has 0 aliphatic heterocycles. The largest absolute Gasteiger partial charge is 0.462 e. The zero-order chi connectivity index (χ0) is 59.8. The average Bonchev–Trinajstić information content (AvgIpc) is 3.49. The quantitative estimate of drug-likeness (QED) is 0.0373. The van der Waals surface area contributed by atoms with E-state index in [4.69, 9.17) is 9.47 Å². The van der Waals surface area contributed by atoms with E-state index in [0.29, 0.717) is 12.8 Å². The highest BCUT2D eigenvalue weighted by molar-refractivity contribution is 5.70. The third-order valence-electron chi connectivity index (χ3n) is 14.9. The molecule has 5 nitrogen and oxygen atoms in total. The van der Waals surface area contributed by atoms with Gasteiger partial charge in [0.1, 0.15) is 6.61 Å². The zero-order valence-corrected chi connectivity index (χ0v) is 54.2. The minimum Gasteiger partial charge on any atom is -0.462 e. The molecule has 0 fully saturated rings. The van der Waals surface area contributed by atoms with Gasteiger partial charge in [0.2, 0.25) is 0 Å². The van der Waals surface area contributed by atoms with E-state index in [1.54, 1.807) is 0 Å². The standard InChI is InChI=1S/C78H130O5/c1-3-5-7-9-11-13-15-17-19-21-23-25-27-29-31-33-35-36-37-38-39-40-41-42-43-45-47-49-51-53-55-57-59-61-63-65-67-69-71-73-78(81)83-76(74-79)75-82-77(80)72-70-68-66-64-62-60-58-56-54-52-50-48-46-44-34-32-30-28-26-24-22-20-18-16-14-12-10-8-6-4-2/h5,7,11,13,17,19,23,25,29,31,35-36,38-39,41-42,45,47,51,53,57,59,63,65,76,79H,3-4,6,8-10,12,14-16,18,20-22,24,26-28,30,32-34,37,40,43-44,46,48-50,52,54-56,58,60-62,64,66-75H2,1-2H3/b7-5-,13-11-,19-17-,25-23-,31-29-,36-35-,39-38-,42-41-,47-45-,53-51-,59-57-,65-63-. The maximum absolute atomic E-state index is 12.3. The Morgan fingerprint density at radius 1 is 0.289 bits per heavy atom. The third kappa shape index (κ3) is 70.2. The first-order valence-electron chi connectivity index (χ1n) is 34.9. The Kier molecular flexibility index (Phi) is 68.4. The van der Waals surface area contributed by atoms with Crippen molar-refractivity contribution in [2.45, 2.75) is 322 Å². The lowest BCUT2D eigenvalue weighted by Gasteiger charge is -2.15. The minimum absolute atomic E-state index is 0.0889. The normalized spacial score (nSPS) is 13.1. The van der Waals surface area contributed by atoms with Crippen molar-refractivity contribution in [2.75, 3.05) is 13.2 Å². The Hall–Kier alpha value is -4.22. The lowest BCUT2D eigenvalue weighted by Crippen LogP contribution is -2.28. The number of esters is 2. The maximum atomic E-state index is 12.3. The van der Waals surface area contributed by atoms with E-state index in [0.717, 1.165) is 116 Å². The number of ether oxygens (including phenoxy) is 2. The van der Waals surface area contributed by atoms with Crippen LogP contribution in [-0.4, -0.2) is 36.4 Å². The molecular formula is C78H130O5. The molecule has 0 aromatic heterocycles. The summed E-state index contributed by atoms with van der Waals surface area (Å²) in [4.78, 5) is 24.6. The molecule has 0 aliphatic carbocycles. The second-order valence-electron chi connectivity index (χ2n) is 22.9. The van der Waals surface area contributed by atoms with E-state index in [2.05, 4.69) is 160 Å².